The maximum Gasteiger partial charge on any atom is 0.260 e. The fraction of sp³-hybridized carbons (Fsp3) is 0.533. The zero-order valence-corrected chi connectivity index (χ0v) is 13.5. The van der Waals surface area contributed by atoms with E-state index in [4.69, 9.17) is 33.7 Å². The van der Waals surface area contributed by atoms with Crippen molar-refractivity contribution in [3.05, 3.63) is 28.2 Å². The average Bonchev–Trinajstić information content (AvgIpc) is 2.48. The summed E-state index contributed by atoms with van der Waals surface area (Å²) in [5.74, 6) is 0.743. The van der Waals surface area contributed by atoms with Crippen LogP contribution in [0.5, 0.6) is 5.75 Å². The van der Waals surface area contributed by atoms with Crippen LogP contribution in [0.4, 0.5) is 0 Å². The Morgan fingerprint density at radius 1 is 1.52 bits per heavy atom. The highest BCUT2D eigenvalue weighted by atomic mass is 35.5. The van der Waals surface area contributed by atoms with Crippen molar-refractivity contribution in [2.24, 2.45) is 11.7 Å². The lowest BCUT2D eigenvalue weighted by Gasteiger charge is -2.34. The molecular weight excluding hydrogens is 311 g/mol. The van der Waals surface area contributed by atoms with Crippen molar-refractivity contribution in [3.8, 4) is 5.75 Å². The van der Waals surface area contributed by atoms with E-state index in [0.717, 1.165) is 19.4 Å². The van der Waals surface area contributed by atoms with Crippen molar-refractivity contribution in [2.75, 3.05) is 19.7 Å². The number of nitrogens with two attached hydrogens (primary N) is 1. The van der Waals surface area contributed by atoms with Crippen LogP contribution in [0.2, 0.25) is 10.0 Å². The second kappa shape index (κ2) is 7.34. The van der Waals surface area contributed by atoms with E-state index in [0.29, 0.717) is 28.3 Å². The van der Waals surface area contributed by atoms with Gasteiger partial charge in [-0.25, -0.2) is 0 Å². The molecule has 0 aliphatic carbocycles. The number of benzene rings is 1. The van der Waals surface area contributed by atoms with Gasteiger partial charge in [-0.05, 0) is 37.8 Å². The molecule has 1 aromatic rings. The highest BCUT2D eigenvalue weighted by Gasteiger charge is 2.26. The first-order chi connectivity index (χ1) is 9.97. The highest BCUT2D eigenvalue weighted by molar-refractivity contribution is 6.34. The predicted molar refractivity (Wildman–Crippen MR) is 84.9 cm³/mol. The standard InChI is InChI=1S/C15H20Cl2N2O2/c1-10(18)11-3-2-6-19(8-11)15(20)9-21-14-7-12(16)4-5-13(14)17/h4-5,7,10-11H,2-3,6,8-9,18H2,1H3/t10-,11+/m1/s1. The Balaban J connectivity index is 1.91. The van der Waals surface area contributed by atoms with Crippen molar-refractivity contribution < 1.29 is 9.53 Å². The van der Waals surface area contributed by atoms with Crippen LogP contribution < -0.4 is 10.5 Å². The number of nitrogens with zero attached hydrogens (tertiary/aromatic N) is 1. The van der Waals surface area contributed by atoms with Crippen LogP contribution in [0.3, 0.4) is 0 Å². The summed E-state index contributed by atoms with van der Waals surface area (Å²) < 4.78 is 5.49. The maximum absolute atomic E-state index is 12.2. The number of rotatable bonds is 4. The van der Waals surface area contributed by atoms with Crippen LogP contribution in [-0.2, 0) is 4.79 Å². The summed E-state index contributed by atoms with van der Waals surface area (Å²) in [5.41, 5.74) is 5.93. The largest absolute Gasteiger partial charge is 0.482 e. The molecule has 1 heterocycles. The van der Waals surface area contributed by atoms with Gasteiger partial charge < -0.3 is 15.4 Å². The van der Waals surface area contributed by atoms with Gasteiger partial charge >= 0.3 is 0 Å². The molecule has 1 aliphatic rings. The Morgan fingerprint density at radius 2 is 2.29 bits per heavy atom. The van der Waals surface area contributed by atoms with Crippen molar-refractivity contribution in [1.29, 1.82) is 0 Å². The number of ether oxygens (including phenoxy) is 1. The van der Waals surface area contributed by atoms with E-state index >= 15 is 0 Å². The number of hydrogen-bond acceptors (Lipinski definition) is 3. The van der Waals surface area contributed by atoms with Gasteiger partial charge in [0.2, 0.25) is 0 Å². The van der Waals surface area contributed by atoms with E-state index < -0.39 is 0 Å². The van der Waals surface area contributed by atoms with Crippen LogP contribution in [0, 0.1) is 5.92 Å². The van der Waals surface area contributed by atoms with E-state index in [1.165, 1.54) is 0 Å². The zero-order chi connectivity index (χ0) is 15.4. The zero-order valence-electron chi connectivity index (χ0n) is 12.0. The second-order valence-corrected chi connectivity index (χ2v) is 6.31. The molecule has 1 fully saturated rings. The van der Waals surface area contributed by atoms with Gasteiger partial charge in [0, 0.05) is 30.2 Å². The molecule has 1 aromatic carbocycles. The first-order valence-corrected chi connectivity index (χ1v) is 7.84. The lowest BCUT2D eigenvalue weighted by atomic mass is 9.92. The second-order valence-electron chi connectivity index (χ2n) is 5.46. The highest BCUT2D eigenvalue weighted by Crippen LogP contribution is 2.27. The molecule has 4 nitrogen and oxygen atoms in total. The third-order valence-electron chi connectivity index (χ3n) is 3.80. The first kappa shape index (κ1) is 16.4. The smallest absolute Gasteiger partial charge is 0.260 e. The number of amides is 1. The summed E-state index contributed by atoms with van der Waals surface area (Å²) in [6.07, 6.45) is 2.05. The molecule has 1 saturated heterocycles. The molecule has 0 saturated carbocycles. The molecule has 116 valence electrons. The SMILES string of the molecule is C[C@@H](N)[C@H]1CCCN(C(=O)COc2cc(Cl)ccc2Cl)C1. The van der Waals surface area contributed by atoms with Crippen LogP contribution in [0.25, 0.3) is 0 Å². The number of carbonyl (C=O) groups excluding carboxylic acids is 1. The number of piperidine rings is 1. The Bertz CT molecular complexity index is 508. The van der Waals surface area contributed by atoms with Gasteiger partial charge in [-0.1, -0.05) is 23.2 Å². The van der Waals surface area contributed by atoms with Gasteiger partial charge in [-0.15, -0.1) is 0 Å². The topological polar surface area (TPSA) is 55.6 Å². The number of hydrogen-bond donors (Lipinski definition) is 1. The Labute approximate surface area is 135 Å². The van der Waals surface area contributed by atoms with Gasteiger partial charge in [0.1, 0.15) is 5.75 Å². The number of carbonyl (C=O) groups is 1. The maximum atomic E-state index is 12.2. The van der Waals surface area contributed by atoms with Crippen molar-refractivity contribution in [3.63, 3.8) is 0 Å². The molecule has 21 heavy (non-hydrogen) atoms. The minimum atomic E-state index is -0.0450. The van der Waals surface area contributed by atoms with Crippen LogP contribution in [-0.4, -0.2) is 36.5 Å². The molecule has 1 amide bonds. The molecule has 0 unspecified atom stereocenters. The van der Waals surface area contributed by atoms with Crippen LogP contribution in [0.15, 0.2) is 18.2 Å². The summed E-state index contributed by atoms with van der Waals surface area (Å²) in [6.45, 7) is 3.41. The molecule has 2 atom stereocenters. The molecule has 0 bridgehead atoms. The number of likely N-dealkylation sites (tertiary alicyclic amines) is 1. The van der Waals surface area contributed by atoms with Crippen LogP contribution in [0.1, 0.15) is 19.8 Å². The molecule has 0 aromatic heterocycles. The quantitative estimate of drug-likeness (QED) is 0.923. The van der Waals surface area contributed by atoms with Crippen molar-refractivity contribution in [1.82, 2.24) is 4.90 Å². The Hall–Kier alpha value is -0.970. The van der Waals surface area contributed by atoms with Gasteiger partial charge in [0.05, 0.1) is 5.02 Å². The lowest BCUT2D eigenvalue weighted by Crippen LogP contribution is -2.46. The third-order valence-corrected chi connectivity index (χ3v) is 4.35. The first-order valence-electron chi connectivity index (χ1n) is 7.08. The summed E-state index contributed by atoms with van der Waals surface area (Å²) in [4.78, 5) is 14.0. The Kier molecular flexibility index (Phi) is 5.73. The fourth-order valence-electron chi connectivity index (χ4n) is 2.48. The van der Waals surface area contributed by atoms with Gasteiger partial charge in [0.25, 0.3) is 5.91 Å². The number of halogens is 2. The molecule has 2 N–H and O–H groups in total. The molecular formula is C15H20Cl2N2O2. The summed E-state index contributed by atoms with van der Waals surface area (Å²) in [6, 6.07) is 5.04. The minimum Gasteiger partial charge on any atom is -0.482 e. The monoisotopic (exact) mass is 330 g/mol. The van der Waals surface area contributed by atoms with Gasteiger partial charge in [-0.3, -0.25) is 4.79 Å². The minimum absolute atomic E-state index is 0.0360. The van der Waals surface area contributed by atoms with Gasteiger partial charge in [0.15, 0.2) is 6.61 Å². The molecule has 2 rings (SSSR count). The van der Waals surface area contributed by atoms with Crippen molar-refractivity contribution in [2.45, 2.75) is 25.8 Å². The van der Waals surface area contributed by atoms with E-state index in [2.05, 4.69) is 0 Å². The summed E-state index contributed by atoms with van der Waals surface area (Å²) >= 11 is 11.9. The van der Waals surface area contributed by atoms with E-state index in [-0.39, 0.29) is 18.6 Å². The molecule has 1 aliphatic heterocycles. The summed E-state index contributed by atoms with van der Waals surface area (Å²) in [7, 11) is 0. The van der Waals surface area contributed by atoms with E-state index in [1.54, 1.807) is 18.2 Å². The van der Waals surface area contributed by atoms with E-state index in [1.807, 2.05) is 11.8 Å². The van der Waals surface area contributed by atoms with Crippen molar-refractivity contribution >= 4 is 29.1 Å². The average molecular weight is 331 g/mol. The molecule has 0 radical (unpaired) electrons. The molecule has 0 spiro atoms. The predicted octanol–water partition coefficient (Wildman–Crippen LogP) is 2.96. The third kappa shape index (κ3) is 4.50. The van der Waals surface area contributed by atoms with Crippen LogP contribution >= 0.6 is 23.2 Å². The normalized spacial score (nSPS) is 20.2. The summed E-state index contributed by atoms with van der Waals surface area (Å²) in [5, 5.41) is 0.969. The molecule has 6 heteroatoms. The van der Waals surface area contributed by atoms with E-state index in [9.17, 15) is 4.79 Å². The van der Waals surface area contributed by atoms with Gasteiger partial charge in [-0.2, -0.15) is 0 Å². The fourth-order valence-corrected chi connectivity index (χ4v) is 2.82. The lowest BCUT2D eigenvalue weighted by molar-refractivity contribution is -0.135. The Morgan fingerprint density at radius 3 is 3.00 bits per heavy atom.